The fourth-order valence-electron chi connectivity index (χ4n) is 0.827. The third-order valence-corrected chi connectivity index (χ3v) is 1.45. The van der Waals surface area contributed by atoms with Gasteiger partial charge in [0.05, 0.1) is 12.5 Å². The zero-order valence-corrected chi connectivity index (χ0v) is 7.29. The third-order valence-electron chi connectivity index (χ3n) is 1.45. The quantitative estimate of drug-likeness (QED) is 0.754. The van der Waals surface area contributed by atoms with Crippen molar-refractivity contribution in [3.05, 3.63) is 30.1 Å². The summed E-state index contributed by atoms with van der Waals surface area (Å²) < 4.78 is 0. The number of nitriles is 1. The molecule has 0 bridgehead atoms. The number of nitrogens with two attached hydrogens (primary N) is 1. The fraction of sp³-hybridized carbons (Fsp3) is 0.250. The van der Waals surface area contributed by atoms with Gasteiger partial charge in [0.1, 0.15) is 0 Å². The minimum atomic E-state index is -0.178. The average molecular weight is 184 g/mol. The highest BCUT2D eigenvalue weighted by Gasteiger charge is 2.02. The van der Waals surface area contributed by atoms with Gasteiger partial charge in [-0.25, -0.2) is 0 Å². The van der Waals surface area contributed by atoms with Gasteiger partial charge in [0.25, 0.3) is 0 Å². The number of halogens is 1. The van der Waals surface area contributed by atoms with E-state index >= 15 is 0 Å². The first-order valence-electron chi connectivity index (χ1n) is 3.37. The van der Waals surface area contributed by atoms with Crippen molar-refractivity contribution in [3.8, 4) is 6.07 Å². The van der Waals surface area contributed by atoms with Crippen LogP contribution in [0.25, 0.3) is 0 Å². The van der Waals surface area contributed by atoms with Gasteiger partial charge in [0, 0.05) is 18.4 Å². The molecule has 1 heterocycles. The summed E-state index contributed by atoms with van der Waals surface area (Å²) in [6, 6.07) is 5.49. The molecule has 0 saturated heterocycles. The van der Waals surface area contributed by atoms with E-state index in [-0.39, 0.29) is 18.4 Å². The van der Waals surface area contributed by atoms with Crippen LogP contribution >= 0.6 is 12.4 Å². The van der Waals surface area contributed by atoms with Crippen LogP contribution in [-0.4, -0.2) is 4.98 Å². The Kier molecular flexibility index (Phi) is 5.02. The second kappa shape index (κ2) is 5.53. The molecule has 0 aliphatic carbocycles. The van der Waals surface area contributed by atoms with Gasteiger partial charge in [-0.3, -0.25) is 4.98 Å². The molecule has 1 atom stereocenters. The summed E-state index contributed by atoms with van der Waals surface area (Å²) in [7, 11) is 0. The van der Waals surface area contributed by atoms with Crippen LogP contribution in [-0.2, 0) is 0 Å². The first-order valence-corrected chi connectivity index (χ1v) is 3.37. The molecule has 0 amide bonds. The van der Waals surface area contributed by atoms with Crippen molar-refractivity contribution < 1.29 is 0 Å². The van der Waals surface area contributed by atoms with E-state index in [1.165, 1.54) is 0 Å². The lowest BCUT2D eigenvalue weighted by atomic mass is 10.1. The third kappa shape index (κ3) is 2.87. The molecule has 1 aromatic heterocycles. The second-order valence-electron chi connectivity index (χ2n) is 2.25. The summed E-state index contributed by atoms with van der Waals surface area (Å²) in [6.07, 6.45) is 3.70. The minimum Gasteiger partial charge on any atom is -0.323 e. The Bertz CT molecular complexity index is 255. The molecule has 0 fully saturated rings. The molecule has 0 radical (unpaired) electrons. The Morgan fingerprint density at radius 2 is 2.08 bits per heavy atom. The van der Waals surface area contributed by atoms with Crippen LogP contribution in [0.2, 0.25) is 0 Å². The summed E-state index contributed by atoms with van der Waals surface area (Å²) in [6.45, 7) is 0. The Labute approximate surface area is 77.6 Å². The molecule has 64 valence electrons. The normalized spacial score (nSPS) is 11.0. The van der Waals surface area contributed by atoms with E-state index in [1.807, 2.05) is 18.2 Å². The SMILES string of the molecule is Cl.N#CC[C@H](N)c1ccncc1. The molecule has 1 rings (SSSR count). The minimum absolute atomic E-state index is 0. The summed E-state index contributed by atoms with van der Waals surface area (Å²) >= 11 is 0. The molecular formula is C8H10ClN3. The standard InChI is InChI=1S/C8H9N3.ClH/c9-4-1-8(10)7-2-5-11-6-3-7;/h2-3,5-6,8H,1,10H2;1H/t8-;/m0./s1. The van der Waals surface area contributed by atoms with Crippen molar-refractivity contribution in [3.63, 3.8) is 0 Å². The van der Waals surface area contributed by atoms with E-state index < -0.39 is 0 Å². The lowest BCUT2D eigenvalue weighted by molar-refractivity contribution is 0.747. The van der Waals surface area contributed by atoms with Crippen LogP contribution in [0.15, 0.2) is 24.5 Å². The van der Waals surface area contributed by atoms with Crippen molar-refractivity contribution in [1.82, 2.24) is 4.98 Å². The molecule has 4 heteroatoms. The zero-order chi connectivity index (χ0) is 8.10. The molecule has 2 N–H and O–H groups in total. The van der Waals surface area contributed by atoms with Gasteiger partial charge in [-0.05, 0) is 17.7 Å². The summed E-state index contributed by atoms with van der Waals surface area (Å²) in [5, 5.41) is 8.35. The summed E-state index contributed by atoms with van der Waals surface area (Å²) in [4.78, 5) is 3.85. The van der Waals surface area contributed by atoms with Crippen LogP contribution in [0.5, 0.6) is 0 Å². The molecule has 3 nitrogen and oxygen atoms in total. The molecule has 0 aliphatic rings. The van der Waals surface area contributed by atoms with E-state index in [2.05, 4.69) is 4.98 Å². The molecular weight excluding hydrogens is 174 g/mol. The Hall–Kier alpha value is -1.11. The largest absolute Gasteiger partial charge is 0.323 e. The highest BCUT2D eigenvalue weighted by atomic mass is 35.5. The predicted octanol–water partition coefficient (Wildman–Crippen LogP) is 1.42. The van der Waals surface area contributed by atoms with E-state index in [4.69, 9.17) is 11.0 Å². The van der Waals surface area contributed by atoms with E-state index in [0.717, 1.165) is 5.56 Å². The van der Waals surface area contributed by atoms with Crippen LogP contribution in [0.3, 0.4) is 0 Å². The van der Waals surface area contributed by atoms with Gasteiger partial charge < -0.3 is 5.73 Å². The second-order valence-corrected chi connectivity index (χ2v) is 2.25. The molecule has 1 aromatic rings. The van der Waals surface area contributed by atoms with Gasteiger partial charge in [-0.2, -0.15) is 5.26 Å². The number of nitrogens with zero attached hydrogens (tertiary/aromatic N) is 2. The van der Waals surface area contributed by atoms with Crippen LogP contribution in [0, 0.1) is 11.3 Å². The maximum atomic E-state index is 8.35. The lowest BCUT2D eigenvalue weighted by Gasteiger charge is -2.05. The Balaban J connectivity index is 0.00000121. The monoisotopic (exact) mass is 183 g/mol. The number of rotatable bonds is 2. The molecule has 0 spiro atoms. The van der Waals surface area contributed by atoms with E-state index in [1.54, 1.807) is 12.4 Å². The van der Waals surface area contributed by atoms with Gasteiger partial charge in [0.15, 0.2) is 0 Å². The number of hydrogen-bond acceptors (Lipinski definition) is 3. The molecule has 12 heavy (non-hydrogen) atoms. The van der Waals surface area contributed by atoms with Gasteiger partial charge in [-0.15, -0.1) is 12.4 Å². The topological polar surface area (TPSA) is 62.7 Å². The van der Waals surface area contributed by atoms with E-state index in [0.29, 0.717) is 6.42 Å². The van der Waals surface area contributed by atoms with Crippen molar-refractivity contribution >= 4 is 12.4 Å². The van der Waals surface area contributed by atoms with Crippen molar-refractivity contribution in [2.45, 2.75) is 12.5 Å². The first kappa shape index (κ1) is 10.9. The molecule has 0 aromatic carbocycles. The smallest absolute Gasteiger partial charge is 0.0641 e. The summed E-state index contributed by atoms with van der Waals surface area (Å²) in [5.41, 5.74) is 6.62. The van der Waals surface area contributed by atoms with Gasteiger partial charge in [0.2, 0.25) is 0 Å². The maximum absolute atomic E-state index is 8.35. The summed E-state index contributed by atoms with van der Waals surface area (Å²) in [5.74, 6) is 0. The molecule has 0 unspecified atom stereocenters. The Morgan fingerprint density at radius 1 is 1.50 bits per heavy atom. The maximum Gasteiger partial charge on any atom is 0.0641 e. The number of pyridine rings is 1. The number of aromatic nitrogens is 1. The van der Waals surface area contributed by atoms with Crippen molar-refractivity contribution in [1.29, 1.82) is 5.26 Å². The van der Waals surface area contributed by atoms with Crippen LogP contribution in [0.4, 0.5) is 0 Å². The number of hydrogen-bond donors (Lipinski definition) is 1. The first-order chi connectivity index (χ1) is 5.34. The fourth-order valence-corrected chi connectivity index (χ4v) is 0.827. The zero-order valence-electron chi connectivity index (χ0n) is 6.47. The predicted molar refractivity (Wildman–Crippen MR) is 48.6 cm³/mol. The molecule has 0 aliphatic heterocycles. The highest BCUT2D eigenvalue weighted by molar-refractivity contribution is 5.85. The molecule has 0 saturated carbocycles. The average Bonchev–Trinajstić information content (AvgIpc) is 2.07. The van der Waals surface area contributed by atoms with Crippen molar-refractivity contribution in [2.24, 2.45) is 5.73 Å². The lowest BCUT2D eigenvalue weighted by Crippen LogP contribution is -2.08. The van der Waals surface area contributed by atoms with Crippen LogP contribution in [0.1, 0.15) is 18.0 Å². The van der Waals surface area contributed by atoms with Gasteiger partial charge >= 0.3 is 0 Å². The Morgan fingerprint density at radius 3 is 2.58 bits per heavy atom. The van der Waals surface area contributed by atoms with Crippen LogP contribution < -0.4 is 5.73 Å². The van der Waals surface area contributed by atoms with E-state index in [9.17, 15) is 0 Å². The van der Waals surface area contributed by atoms with Crippen molar-refractivity contribution in [2.75, 3.05) is 0 Å². The highest BCUT2D eigenvalue weighted by Crippen LogP contribution is 2.10. The van der Waals surface area contributed by atoms with Gasteiger partial charge in [-0.1, -0.05) is 0 Å².